The van der Waals surface area contributed by atoms with Gasteiger partial charge in [-0.3, -0.25) is 10.2 Å². The van der Waals surface area contributed by atoms with E-state index in [1.54, 1.807) is 53.4 Å². The van der Waals surface area contributed by atoms with E-state index in [1.807, 2.05) is 12.1 Å². The van der Waals surface area contributed by atoms with E-state index < -0.39 is 10.0 Å². The highest BCUT2D eigenvalue weighted by Crippen LogP contribution is 2.25. The number of piperazine rings is 1. The normalized spacial score (nSPS) is 14.9. The Morgan fingerprint density at radius 3 is 2.31 bits per heavy atom. The third kappa shape index (κ3) is 4.88. The van der Waals surface area contributed by atoms with Gasteiger partial charge in [-0.25, -0.2) is 8.42 Å². The second-order valence-electron chi connectivity index (χ2n) is 7.42. The number of hydrogen-bond acceptors (Lipinski definition) is 4. The molecule has 0 aliphatic carbocycles. The van der Waals surface area contributed by atoms with Gasteiger partial charge in [0, 0.05) is 30.2 Å². The fourth-order valence-electron chi connectivity index (χ4n) is 3.57. The molecule has 32 heavy (non-hydrogen) atoms. The topological polar surface area (TPSA) is 108 Å². The van der Waals surface area contributed by atoms with Gasteiger partial charge in [0.2, 0.25) is 15.9 Å². The van der Waals surface area contributed by atoms with E-state index in [-0.39, 0.29) is 42.1 Å². The number of carbonyl (C=O) groups excluding carboxylic acids is 1. The first-order valence-corrected chi connectivity index (χ1v) is 11.5. The third-order valence-electron chi connectivity index (χ3n) is 5.33. The van der Waals surface area contributed by atoms with E-state index in [2.05, 4.69) is 0 Å². The van der Waals surface area contributed by atoms with Crippen LogP contribution in [0.3, 0.4) is 0 Å². The van der Waals surface area contributed by atoms with Crippen molar-refractivity contribution >= 4 is 56.5 Å². The number of carbonyl (C=O) groups is 1. The Morgan fingerprint density at radius 1 is 1.00 bits per heavy atom. The molecule has 0 bridgehead atoms. The van der Waals surface area contributed by atoms with E-state index in [1.165, 1.54) is 4.31 Å². The van der Waals surface area contributed by atoms with E-state index in [0.29, 0.717) is 23.7 Å². The minimum atomic E-state index is -3.79. The first kappa shape index (κ1) is 24.0. The summed E-state index contributed by atoms with van der Waals surface area (Å²) in [4.78, 5) is 14.5. The summed E-state index contributed by atoms with van der Waals surface area (Å²) < 4.78 is 27.4. The average Bonchev–Trinajstić information content (AvgIpc) is 2.75. The molecule has 10 heteroatoms. The van der Waals surface area contributed by atoms with E-state index in [4.69, 9.17) is 22.7 Å². The zero-order valence-corrected chi connectivity index (χ0v) is 19.4. The number of nitrogens with one attached hydrogen (secondary N) is 1. The van der Waals surface area contributed by atoms with Crippen molar-refractivity contribution in [1.82, 2.24) is 9.21 Å². The van der Waals surface area contributed by atoms with Crippen molar-refractivity contribution in [2.24, 2.45) is 5.73 Å². The van der Waals surface area contributed by atoms with Gasteiger partial charge in [-0.1, -0.05) is 48.0 Å². The summed E-state index contributed by atoms with van der Waals surface area (Å²) >= 11 is 6.00. The fraction of sp³-hybridized carbons (Fsp3) is 0.182. The van der Waals surface area contributed by atoms with Crippen LogP contribution in [-0.4, -0.2) is 49.0 Å². The number of nitrogens with two attached hydrogens (primary N) is 1. The molecule has 1 heterocycles. The molecule has 3 aromatic rings. The number of nitrogens with zero attached hydrogens (tertiary/aromatic N) is 2. The van der Waals surface area contributed by atoms with Gasteiger partial charge in [0.15, 0.2) is 0 Å². The van der Waals surface area contributed by atoms with Crippen LogP contribution in [0.4, 0.5) is 0 Å². The molecule has 0 radical (unpaired) electrons. The Hall–Kier alpha value is -2.65. The quantitative estimate of drug-likeness (QED) is 0.420. The maximum Gasteiger partial charge on any atom is 0.243 e. The molecule has 0 saturated carbocycles. The molecule has 168 valence electrons. The first-order chi connectivity index (χ1) is 14.7. The lowest BCUT2D eigenvalue weighted by Gasteiger charge is -2.33. The van der Waals surface area contributed by atoms with Crippen LogP contribution < -0.4 is 5.73 Å². The van der Waals surface area contributed by atoms with E-state index >= 15 is 0 Å². The van der Waals surface area contributed by atoms with Crippen molar-refractivity contribution in [3.63, 3.8) is 0 Å². The zero-order valence-electron chi connectivity index (χ0n) is 17.0. The van der Waals surface area contributed by atoms with Gasteiger partial charge in [-0.05, 0) is 40.6 Å². The van der Waals surface area contributed by atoms with Gasteiger partial charge >= 0.3 is 0 Å². The number of hydrogen-bond donors (Lipinski definition) is 2. The van der Waals surface area contributed by atoms with Crippen LogP contribution in [0.25, 0.3) is 10.8 Å². The average molecular weight is 493 g/mol. The fourth-order valence-corrected chi connectivity index (χ4v) is 5.17. The lowest BCUT2D eigenvalue weighted by molar-refractivity contribution is -0.134. The second kappa shape index (κ2) is 9.46. The Bertz CT molecular complexity index is 1280. The highest BCUT2D eigenvalue weighted by molar-refractivity contribution is 7.89. The van der Waals surface area contributed by atoms with Gasteiger partial charge in [0.05, 0.1) is 11.4 Å². The van der Waals surface area contributed by atoms with Crippen molar-refractivity contribution in [2.45, 2.75) is 11.4 Å². The molecule has 1 aliphatic heterocycles. The maximum absolute atomic E-state index is 13.1. The number of halogens is 2. The van der Waals surface area contributed by atoms with Crippen molar-refractivity contribution in [2.75, 3.05) is 19.6 Å². The number of rotatable bonds is 5. The molecule has 4 rings (SSSR count). The van der Waals surface area contributed by atoms with Crippen LogP contribution in [0.5, 0.6) is 0 Å². The molecule has 1 amide bonds. The minimum absolute atomic E-state index is 0. The number of amides is 1. The van der Waals surface area contributed by atoms with Crippen molar-refractivity contribution in [3.8, 4) is 0 Å². The summed E-state index contributed by atoms with van der Waals surface area (Å²) in [6.07, 6.45) is 0. The number of nitrogen functional groups attached to an aromatic ring is 1. The van der Waals surface area contributed by atoms with Crippen LogP contribution in [0.2, 0.25) is 5.02 Å². The molecule has 1 fully saturated rings. The summed E-state index contributed by atoms with van der Waals surface area (Å²) in [7, 11) is -3.79. The second-order valence-corrected chi connectivity index (χ2v) is 9.79. The standard InChI is InChI=1S/C22H21ClN4O3S.ClH/c23-19-7-5-18-12-20(8-6-17(18)11-19)31(29,30)27-10-9-26(21(28)14-27)13-15-1-3-16(4-2-15)22(24)25;/h1-8,11-12H,9-10,13-14H2,(H3,24,25);1H. The molecule has 7 nitrogen and oxygen atoms in total. The Balaban J connectivity index is 0.00000289. The SMILES string of the molecule is Cl.N=C(N)c1ccc(CN2CCN(S(=O)(=O)c3ccc4cc(Cl)ccc4c3)CC2=O)cc1. The molecule has 0 aromatic heterocycles. The molecule has 1 saturated heterocycles. The number of sulfonamides is 1. The first-order valence-electron chi connectivity index (χ1n) is 9.64. The zero-order chi connectivity index (χ0) is 22.2. The van der Waals surface area contributed by atoms with Crippen LogP contribution in [0.1, 0.15) is 11.1 Å². The van der Waals surface area contributed by atoms with Crippen molar-refractivity contribution in [1.29, 1.82) is 5.41 Å². The number of benzene rings is 3. The van der Waals surface area contributed by atoms with Crippen LogP contribution in [0.15, 0.2) is 65.6 Å². The Morgan fingerprint density at radius 2 is 1.66 bits per heavy atom. The predicted octanol–water partition coefficient (Wildman–Crippen LogP) is 3.23. The Labute approximate surface area is 197 Å². The van der Waals surface area contributed by atoms with Crippen molar-refractivity contribution in [3.05, 3.63) is 76.8 Å². The summed E-state index contributed by atoms with van der Waals surface area (Å²) in [5, 5.41) is 9.64. The molecule has 3 aromatic carbocycles. The predicted molar refractivity (Wildman–Crippen MR) is 128 cm³/mol. The van der Waals surface area contributed by atoms with Gasteiger partial charge in [-0.15, -0.1) is 12.4 Å². The molecular weight excluding hydrogens is 471 g/mol. The maximum atomic E-state index is 13.1. The van der Waals surface area contributed by atoms with E-state index in [9.17, 15) is 13.2 Å². The molecule has 0 unspecified atom stereocenters. The highest BCUT2D eigenvalue weighted by atomic mass is 35.5. The van der Waals surface area contributed by atoms with Gasteiger partial charge in [-0.2, -0.15) is 4.31 Å². The van der Waals surface area contributed by atoms with Gasteiger partial charge in [0.1, 0.15) is 5.84 Å². The number of fused-ring (bicyclic) bond motifs is 1. The minimum Gasteiger partial charge on any atom is -0.384 e. The largest absolute Gasteiger partial charge is 0.384 e. The van der Waals surface area contributed by atoms with Crippen LogP contribution in [0, 0.1) is 5.41 Å². The lowest BCUT2D eigenvalue weighted by atomic mass is 10.1. The molecule has 0 atom stereocenters. The van der Waals surface area contributed by atoms with Crippen LogP contribution >= 0.6 is 24.0 Å². The summed E-state index contributed by atoms with van der Waals surface area (Å²) in [5.74, 6) is -0.267. The van der Waals surface area contributed by atoms with Crippen molar-refractivity contribution < 1.29 is 13.2 Å². The summed E-state index contributed by atoms with van der Waals surface area (Å²) in [5.41, 5.74) is 6.97. The molecule has 0 spiro atoms. The lowest BCUT2D eigenvalue weighted by Crippen LogP contribution is -2.51. The highest BCUT2D eigenvalue weighted by Gasteiger charge is 2.32. The molecular formula is C22H22Cl2N4O3S. The smallest absolute Gasteiger partial charge is 0.243 e. The summed E-state index contributed by atoms with van der Waals surface area (Å²) in [6.45, 7) is 0.697. The Kier molecular flexibility index (Phi) is 7.09. The van der Waals surface area contributed by atoms with Gasteiger partial charge in [0.25, 0.3) is 0 Å². The number of amidine groups is 1. The monoisotopic (exact) mass is 492 g/mol. The van der Waals surface area contributed by atoms with Crippen LogP contribution in [-0.2, 0) is 21.4 Å². The van der Waals surface area contributed by atoms with Gasteiger partial charge < -0.3 is 10.6 Å². The molecule has 3 N–H and O–H groups in total. The third-order valence-corrected chi connectivity index (χ3v) is 7.41. The molecule has 1 aliphatic rings. The van der Waals surface area contributed by atoms with E-state index in [0.717, 1.165) is 16.3 Å². The summed E-state index contributed by atoms with van der Waals surface area (Å²) in [6, 6.07) is 17.2.